The van der Waals surface area contributed by atoms with E-state index in [0.717, 1.165) is 0 Å². The molecule has 19 heavy (non-hydrogen) atoms. The predicted octanol–water partition coefficient (Wildman–Crippen LogP) is 1.18. The van der Waals surface area contributed by atoms with E-state index in [-0.39, 0.29) is 12.5 Å². The molecule has 0 spiro atoms. The molecule has 0 aliphatic carbocycles. The van der Waals surface area contributed by atoms with Gasteiger partial charge in [0.1, 0.15) is 5.54 Å². The summed E-state index contributed by atoms with van der Waals surface area (Å²) in [6.07, 6.45) is 0. The maximum absolute atomic E-state index is 11.7. The maximum atomic E-state index is 11.7. The van der Waals surface area contributed by atoms with Gasteiger partial charge in [0.15, 0.2) is 0 Å². The zero-order chi connectivity index (χ0) is 14.2. The first-order valence-corrected chi connectivity index (χ1v) is 5.71. The summed E-state index contributed by atoms with van der Waals surface area (Å²) < 4.78 is 0. The van der Waals surface area contributed by atoms with Crippen LogP contribution in [0.2, 0.25) is 0 Å². The summed E-state index contributed by atoms with van der Waals surface area (Å²) in [6, 6.07) is 6.77. The number of carboxylic acid groups (broad SMARTS) is 1. The molecule has 2 N–H and O–H groups in total. The van der Waals surface area contributed by atoms with E-state index in [1.165, 1.54) is 24.8 Å². The molecule has 1 amide bonds. The van der Waals surface area contributed by atoms with Crippen LogP contribution in [0.25, 0.3) is 0 Å². The minimum atomic E-state index is -1.21. The van der Waals surface area contributed by atoms with Crippen LogP contribution in [0.1, 0.15) is 19.4 Å². The molecule has 1 aliphatic rings. The SMILES string of the molecule is CC(C)(C(=O)O)N1CC(=O)Nc2cc(C#N)ccc21. The van der Waals surface area contributed by atoms with Crippen LogP contribution < -0.4 is 10.2 Å². The average molecular weight is 259 g/mol. The van der Waals surface area contributed by atoms with Crippen molar-refractivity contribution in [2.45, 2.75) is 19.4 Å². The number of carboxylic acids is 1. The Hall–Kier alpha value is -2.55. The second kappa shape index (κ2) is 4.28. The Kier molecular flexibility index (Phi) is 2.91. The van der Waals surface area contributed by atoms with Crippen LogP contribution in [0.3, 0.4) is 0 Å². The Morgan fingerprint density at radius 3 is 2.79 bits per heavy atom. The number of benzene rings is 1. The van der Waals surface area contributed by atoms with E-state index in [2.05, 4.69) is 5.32 Å². The number of anilines is 2. The van der Waals surface area contributed by atoms with E-state index in [9.17, 15) is 14.7 Å². The van der Waals surface area contributed by atoms with Crippen molar-refractivity contribution in [3.05, 3.63) is 23.8 Å². The molecule has 6 nitrogen and oxygen atoms in total. The second-order valence-electron chi connectivity index (χ2n) is 4.84. The first-order valence-electron chi connectivity index (χ1n) is 5.71. The van der Waals surface area contributed by atoms with Crippen LogP contribution in [0.5, 0.6) is 0 Å². The largest absolute Gasteiger partial charge is 0.480 e. The molecular weight excluding hydrogens is 246 g/mol. The molecule has 98 valence electrons. The van der Waals surface area contributed by atoms with Gasteiger partial charge < -0.3 is 15.3 Å². The van der Waals surface area contributed by atoms with Gasteiger partial charge in [-0.15, -0.1) is 0 Å². The molecule has 0 aromatic heterocycles. The summed E-state index contributed by atoms with van der Waals surface area (Å²) >= 11 is 0. The third-order valence-corrected chi connectivity index (χ3v) is 3.19. The van der Waals surface area contributed by atoms with E-state index in [1.807, 2.05) is 6.07 Å². The molecule has 2 rings (SSSR count). The minimum absolute atomic E-state index is 0.0296. The fourth-order valence-corrected chi connectivity index (χ4v) is 1.97. The van der Waals surface area contributed by atoms with Gasteiger partial charge in [0.05, 0.1) is 29.6 Å². The van der Waals surface area contributed by atoms with Crippen molar-refractivity contribution >= 4 is 23.3 Å². The number of rotatable bonds is 2. The Balaban J connectivity index is 2.54. The zero-order valence-corrected chi connectivity index (χ0v) is 10.6. The van der Waals surface area contributed by atoms with E-state index in [1.54, 1.807) is 12.1 Å². The van der Waals surface area contributed by atoms with Gasteiger partial charge in [0.25, 0.3) is 0 Å². The molecular formula is C13H13N3O3. The zero-order valence-electron chi connectivity index (χ0n) is 10.6. The number of hydrogen-bond acceptors (Lipinski definition) is 4. The molecule has 0 unspecified atom stereocenters. The molecule has 1 heterocycles. The number of carbonyl (C=O) groups excluding carboxylic acids is 1. The summed E-state index contributed by atoms with van der Waals surface area (Å²) in [6.45, 7) is 3.05. The van der Waals surface area contributed by atoms with Crippen LogP contribution >= 0.6 is 0 Å². The normalized spacial score (nSPS) is 14.4. The van der Waals surface area contributed by atoms with Gasteiger partial charge in [0, 0.05) is 0 Å². The Labute approximate surface area is 110 Å². The molecule has 6 heteroatoms. The van der Waals surface area contributed by atoms with E-state index < -0.39 is 11.5 Å². The van der Waals surface area contributed by atoms with Crippen molar-refractivity contribution < 1.29 is 14.7 Å². The van der Waals surface area contributed by atoms with Crippen LogP contribution in [-0.2, 0) is 9.59 Å². The molecule has 1 aromatic carbocycles. The summed E-state index contributed by atoms with van der Waals surface area (Å²) in [4.78, 5) is 24.5. The molecule has 0 atom stereocenters. The van der Waals surface area contributed by atoms with Crippen molar-refractivity contribution in [1.29, 1.82) is 5.26 Å². The Morgan fingerprint density at radius 1 is 1.53 bits per heavy atom. The van der Waals surface area contributed by atoms with Gasteiger partial charge in [-0.25, -0.2) is 4.79 Å². The molecule has 1 aromatic rings. The van der Waals surface area contributed by atoms with Gasteiger partial charge in [-0.05, 0) is 32.0 Å². The number of nitrogens with one attached hydrogen (secondary N) is 1. The van der Waals surface area contributed by atoms with Crippen LogP contribution in [0.4, 0.5) is 11.4 Å². The number of carbonyl (C=O) groups is 2. The number of hydrogen-bond donors (Lipinski definition) is 2. The van der Waals surface area contributed by atoms with Crippen molar-refractivity contribution in [3.8, 4) is 6.07 Å². The Morgan fingerprint density at radius 2 is 2.21 bits per heavy atom. The monoisotopic (exact) mass is 259 g/mol. The minimum Gasteiger partial charge on any atom is -0.480 e. The Bertz CT molecular complexity index is 602. The lowest BCUT2D eigenvalue weighted by molar-refractivity contribution is -0.142. The van der Waals surface area contributed by atoms with Crippen LogP contribution in [-0.4, -0.2) is 29.1 Å². The first-order chi connectivity index (χ1) is 8.86. The first kappa shape index (κ1) is 12.9. The number of aliphatic carboxylic acids is 1. The van der Waals surface area contributed by atoms with Crippen molar-refractivity contribution in [2.75, 3.05) is 16.8 Å². The number of nitriles is 1. The topological polar surface area (TPSA) is 93.4 Å². The van der Waals surface area contributed by atoms with Crippen molar-refractivity contribution in [2.24, 2.45) is 0 Å². The molecule has 0 bridgehead atoms. The van der Waals surface area contributed by atoms with E-state index in [4.69, 9.17) is 5.26 Å². The lowest BCUT2D eigenvalue weighted by Crippen LogP contribution is -2.55. The van der Waals surface area contributed by atoms with Crippen molar-refractivity contribution in [1.82, 2.24) is 0 Å². The fraction of sp³-hybridized carbons (Fsp3) is 0.308. The van der Waals surface area contributed by atoms with Crippen LogP contribution in [0.15, 0.2) is 18.2 Å². The fourth-order valence-electron chi connectivity index (χ4n) is 1.97. The maximum Gasteiger partial charge on any atom is 0.328 e. The smallest absolute Gasteiger partial charge is 0.328 e. The quantitative estimate of drug-likeness (QED) is 0.831. The van der Waals surface area contributed by atoms with Gasteiger partial charge in [0.2, 0.25) is 5.91 Å². The van der Waals surface area contributed by atoms with Gasteiger partial charge in [-0.1, -0.05) is 0 Å². The standard InChI is InChI=1S/C13H13N3O3/c1-13(2,12(18)19)16-7-11(17)15-9-5-8(6-14)3-4-10(9)16/h3-5H,7H2,1-2H3,(H,15,17)(H,18,19). The number of fused-ring (bicyclic) bond motifs is 1. The highest BCUT2D eigenvalue weighted by atomic mass is 16.4. The van der Waals surface area contributed by atoms with Gasteiger partial charge in [-0.3, -0.25) is 4.79 Å². The predicted molar refractivity (Wildman–Crippen MR) is 68.8 cm³/mol. The molecule has 0 fully saturated rings. The lowest BCUT2D eigenvalue weighted by Gasteiger charge is -2.40. The molecule has 0 saturated carbocycles. The van der Waals surface area contributed by atoms with E-state index in [0.29, 0.717) is 16.9 Å². The summed E-state index contributed by atoms with van der Waals surface area (Å²) in [5.41, 5.74) is 0.269. The highest BCUT2D eigenvalue weighted by molar-refractivity contribution is 6.03. The highest BCUT2D eigenvalue weighted by Crippen LogP contribution is 2.35. The highest BCUT2D eigenvalue weighted by Gasteiger charge is 2.39. The third-order valence-electron chi connectivity index (χ3n) is 3.19. The van der Waals surface area contributed by atoms with Gasteiger partial charge in [-0.2, -0.15) is 5.26 Å². The molecule has 0 radical (unpaired) electrons. The molecule has 0 saturated heterocycles. The summed E-state index contributed by atoms with van der Waals surface area (Å²) in [5, 5.41) is 20.8. The van der Waals surface area contributed by atoms with Crippen LogP contribution in [0, 0.1) is 11.3 Å². The summed E-state index contributed by atoms with van der Waals surface area (Å²) in [7, 11) is 0. The average Bonchev–Trinajstić information content (AvgIpc) is 2.36. The lowest BCUT2D eigenvalue weighted by atomic mass is 9.99. The molecule has 1 aliphatic heterocycles. The van der Waals surface area contributed by atoms with Gasteiger partial charge >= 0.3 is 5.97 Å². The van der Waals surface area contributed by atoms with Crippen molar-refractivity contribution in [3.63, 3.8) is 0 Å². The van der Waals surface area contributed by atoms with E-state index >= 15 is 0 Å². The second-order valence-corrected chi connectivity index (χ2v) is 4.84. The number of amides is 1. The summed E-state index contributed by atoms with van der Waals surface area (Å²) in [5.74, 6) is -1.31. The number of nitrogens with zero attached hydrogens (tertiary/aromatic N) is 2. The third kappa shape index (κ3) is 2.10.